The molecule has 4 aromatic rings. The van der Waals surface area contributed by atoms with Crippen LogP contribution in [0.3, 0.4) is 0 Å². The predicted octanol–water partition coefficient (Wildman–Crippen LogP) is 7.80. The van der Waals surface area contributed by atoms with Crippen molar-refractivity contribution in [2.45, 2.75) is 65.1 Å². The van der Waals surface area contributed by atoms with Crippen LogP contribution in [0.5, 0.6) is 0 Å². The highest BCUT2D eigenvalue weighted by Crippen LogP contribution is 2.26. The molecule has 0 saturated heterocycles. The van der Waals surface area contributed by atoms with Crippen LogP contribution in [-0.4, -0.2) is 45.3 Å². The van der Waals surface area contributed by atoms with Crippen molar-refractivity contribution in [2.24, 2.45) is 5.92 Å². The van der Waals surface area contributed by atoms with Gasteiger partial charge in [-0.05, 0) is 59.4 Å². The third-order valence-electron chi connectivity index (χ3n) is 8.11. The number of nitrogens with zero attached hydrogens (tertiary/aromatic N) is 3. The van der Waals surface area contributed by atoms with E-state index in [1.807, 2.05) is 77.7 Å². The van der Waals surface area contributed by atoms with Gasteiger partial charge in [-0.15, -0.1) is 0 Å². The number of benzene rings is 3. The Bertz CT molecular complexity index is 1480. The lowest BCUT2D eigenvalue weighted by atomic mass is 9.94. The zero-order valence-corrected chi connectivity index (χ0v) is 24.9. The van der Waals surface area contributed by atoms with Crippen molar-refractivity contribution in [3.05, 3.63) is 107 Å². The first-order valence-electron chi connectivity index (χ1n) is 14.8. The maximum absolute atomic E-state index is 14.2. The van der Waals surface area contributed by atoms with Gasteiger partial charge in [-0.1, -0.05) is 99.3 Å². The summed E-state index contributed by atoms with van der Waals surface area (Å²) in [5.41, 5.74) is 2.76. The lowest BCUT2D eigenvalue weighted by molar-refractivity contribution is -0.135. The largest absolute Gasteiger partial charge is 0.345 e. The fourth-order valence-corrected chi connectivity index (χ4v) is 6.24. The van der Waals surface area contributed by atoms with Crippen LogP contribution < -0.4 is 0 Å². The van der Waals surface area contributed by atoms with Gasteiger partial charge >= 0.3 is 0 Å². The van der Waals surface area contributed by atoms with E-state index in [2.05, 4.69) is 30.7 Å². The molecule has 0 spiro atoms. The Kier molecular flexibility index (Phi) is 9.45. The Balaban J connectivity index is 1.41. The molecule has 0 radical (unpaired) electrons. The Hall–Kier alpha value is -3.57. The fourth-order valence-electron chi connectivity index (χ4n) is 6.04. The van der Waals surface area contributed by atoms with Crippen LogP contribution in [0.2, 0.25) is 5.02 Å². The number of carbonyl (C=O) groups is 2. The highest BCUT2D eigenvalue weighted by molar-refractivity contribution is 6.31. The van der Waals surface area contributed by atoms with Crippen LogP contribution in [0, 0.1) is 5.92 Å². The molecular weight excluding hydrogens is 530 g/mol. The smallest absolute Gasteiger partial charge is 0.254 e. The molecule has 1 fully saturated rings. The summed E-state index contributed by atoms with van der Waals surface area (Å²) < 4.78 is 2.18. The van der Waals surface area contributed by atoms with E-state index in [9.17, 15) is 9.59 Å². The van der Waals surface area contributed by atoms with Gasteiger partial charge in [0.2, 0.25) is 5.91 Å². The highest BCUT2D eigenvalue weighted by Gasteiger charge is 2.30. The minimum absolute atomic E-state index is 0.0108. The van der Waals surface area contributed by atoms with Crippen molar-refractivity contribution in [3.8, 4) is 0 Å². The quantitative estimate of drug-likeness (QED) is 0.195. The van der Waals surface area contributed by atoms with E-state index in [-0.39, 0.29) is 30.3 Å². The molecule has 2 amide bonds. The van der Waals surface area contributed by atoms with Gasteiger partial charge < -0.3 is 14.4 Å². The predicted molar refractivity (Wildman–Crippen MR) is 167 cm³/mol. The summed E-state index contributed by atoms with van der Waals surface area (Å²) in [6, 6.07) is 26.0. The first kappa shape index (κ1) is 28.9. The number of carbonyl (C=O) groups excluding carboxylic acids is 2. The summed E-state index contributed by atoms with van der Waals surface area (Å²) in [4.78, 5) is 32.0. The molecule has 0 aliphatic heterocycles. The number of rotatable bonds is 10. The van der Waals surface area contributed by atoms with Gasteiger partial charge in [0.25, 0.3) is 5.91 Å². The Morgan fingerprint density at radius 2 is 1.63 bits per heavy atom. The fraction of sp³-hybridized carbons (Fsp3) is 0.371. The van der Waals surface area contributed by atoms with Crippen molar-refractivity contribution < 1.29 is 9.59 Å². The van der Waals surface area contributed by atoms with Gasteiger partial charge in [0.15, 0.2) is 0 Å². The van der Waals surface area contributed by atoms with Gasteiger partial charge in [0.05, 0.1) is 6.54 Å². The molecular formula is C35H40ClN3O2. The van der Waals surface area contributed by atoms with Crippen molar-refractivity contribution in [1.82, 2.24) is 14.4 Å². The molecule has 41 heavy (non-hydrogen) atoms. The van der Waals surface area contributed by atoms with Gasteiger partial charge in [0.1, 0.15) is 6.54 Å². The van der Waals surface area contributed by atoms with E-state index in [1.165, 1.54) is 6.42 Å². The highest BCUT2D eigenvalue weighted by atomic mass is 35.5. The molecule has 1 saturated carbocycles. The van der Waals surface area contributed by atoms with Gasteiger partial charge in [0, 0.05) is 41.6 Å². The second kappa shape index (κ2) is 13.4. The normalized spacial score (nSPS) is 14.0. The molecule has 0 N–H and O–H groups in total. The molecule has 3 aromatic carbocycles. The van der Waals surface area contributed by atoms with E-state index in [0.717, 1.165) is 52.7 Å². The maximum atomic E-state index is 14.2. The maximum Gasteiger partial charge on any atom is 0.254 e. The second-order valence-electron chi connectivity index (χ2n) is 11.6. The molecule has 1 aliphatic rings. The average Bonchev–Trinajstić information content (AvgIpc) is 3.42. The van der Waals surface area contributed by atoms with Crippen LogP contribution >= 0.6 is 11.6 Å². The minimum Gasteiger partial charge on any atom is -0.345 e. The average molecular weight is 570 g/mol. The third kappa shape index (κ3) is 7.02. The number of amides is 2. The van der Waals surface area contributed by atoms with Crippen LogP contribution in [0.15, 0.2) is 85.1 Å². The first-order chi connectivity index (χ1) is 19.9. The van der Waals surface area contributed by atoms with E-state index in [1.54, 1.807) is 4.90 Å². The summed E-state index contributed by atoms with van der Waals surface area (Å²) in [5.74, 6) is 0.156. The molecule has 6 heteroatoms. The number of halogens is 1. The summed E-state index contributed by atoms with van der Waals surface area (Å²) in [5, 5.41) is 2.68. The van der Waals surface area contributed by atoms with Gasteiger partial charge in [-0.3, -0.25) is 9.59 Å². The van der Waals surface area contributed by atoms with E-state index in [4.69, 9.17) is 11.6 Å². The summed E-state index contributed by atoms with van der Waals surface area (Å²) in [6.45, 7) is 5.94. The van der Waals surface area contributed by atoms with Crippen LogP contribution in [0.4, 0.5) is 0 Å². The number of aromatic nitrogens is 1. The topological polar surface area (TPSA) is 45.6 Å². The Morgan fingerprint density at radius 3 is 2.41 bits per heavy atom. The lowest BCUT2D eigenvalue weighted by Crippen LogP contribution is -2.48. The molecule has 5 nitrogen and oxygen atoms in total. The summed E-state index contributed by atoms with van der Waals surface area (Å²) >= 11 is 6.47. The van der Waals surface area contributed by atoms with Crippen molar-refractivity contribution in [2.75, 3.05) is 13.1 Å². The SMILES string of the molecule is CC(C)CN(CC(=O)N(Cc1cccn1Cc1ccccc1Cl)C1CCCCC1)C(=O)c1cccc2ccccc12. The molecule has 5 rings (SSSR count). The van der Waals surface area contributed by atoms with E-state index < -0.39 is 0 Å². The third-order valence-corrected chi connectivity index (χ3v) is 8.48. The monoisotopic (exact) mass is 569 g/mol. The van der Waals surface area contributed by atoms with Crippen molar-refractivity contribution >= 4 is 34.2 Å². The van der Waals surface area contributed by atoms with Gasteiger partial charge in [-0.2, -0.15) is 0 Å². The summed E-state index contributed by atoms with van der Waals surface area (Å²) in [7, 11) is 0. The number of hydrogen-bond donors (Lipinski definition) is 0. The Labute approximate surface area is 248 Å². The summed E-state index contributed by atoms with van der Waals surface area (Å²) in [6.07, 6.45) is 7.51. The Morgan fingerprint density at radius 1 is 0.902 bits per heavy atom. The zero-order valence-electron chi connectivity index (χ0n) is 24.1. The number of hydrogen-bond acceptors (Lipinski definition) is 2. The molecule has 1 heterocycles. The molecule has 0 atom stereocenters. The molecule has 214 valence electrons. The molecule has 1 aliphatic carbocycles. The number of fused-ring (bicyclic) bond motifs is 1. The lowest BCUT2D eigenvalue weighted by Gasteiger charge is -2.36. The molecule has 0 unspecified atom stereocenters. The van der Waals surface area contributed by atoms with Crippen molar-refractivity contribution in [1.29, 1.82) is 0 Å². The van der Waals surface area contributed by atoms with Crippen LogP contribution in [-0.2, 0) is 17.9 Å². The van der Waals surface area contributed by atoms with Crippen LogP contribution in [0.25, 0.3) is 10.8 Å². The van der Waals surface area contributed by atoms with Crippen LogP contribution in [0.1, 0.15) is 67.6 Å². The standard InChI is InChI=1S/C35H40ClN3O2/c1-26(2)22-38(35(41)32-19-10-14-27-12-6-8-18-31(27)32)25-34(40)39(29-15-4-3-5-16-29)24-30-17-11-21-37(30)23-28-13-7-9-20-33(28)36/h6-14,17-21,26,29H,3-5,15-16,22-25H2,1-2H3. The van der Waals surface area contributed by atoms with Gasteiger partial charge in [-0.25, -0.2) is 0 Å². The van der Waals surface area contributed by atoms with E-state index in [0.29, 0.717) is 25.2 Å². The van der Waals surface area contributed by atoms with Crippen molar-refractivity contribution in [3.63, 3.8) is 0 Å². The second-order valence-corrected chi connectivity index (χ2v) is 12.0. The molecule has 1 aromatic heterocycles. The zero-order chi connectivity index (χ0) is 28.8. The first-order valence-corrected chi connectivity index (χ1v) is 15.2. The molecule has 0 bridgehead atoms. The minimum atomic E-state index is -0.0884. The van der Waals surface area contributed by atoms with E-state index >= 15 is 0 Å².